The molecule has 0 saturated carbocycles. The summed E-state index contributed by atoms with van der Waals surface area (Å²) in [4.78, 5) is 23.3. The Balaban J connectivity index is 2.01. The second kappa shape index (κ2) is 6.92. The lowest BCUT2D eigenvalue weighted by Crippen LogP contribution is -2.29. The molecule has 0 radical (unpaired) electrons. The van der Waals surface area contributed by atoms with E-state index >= 15 is 0 Å². The van der Waals surface area contributed by atoms with Gasteiger partial charge in [0.05, 0.1) is 17.9 Å². The zero-order valence-electron chi connectivity index (χ0n) is 11.7. The Morgan fingerprint density at radius 1 is 1.50 bits per heavy atom. The van der Waals surface area contributed by atoms with Gasteiger partial charge in [0.25, 0.3) is 5.56 Å². The maximum atomic E-state index is 11.6. The van der Waals surface area contributed by atoms with Crippen LogP contribution in [-0.2, 0) is 6.54 Å². The second-order valence-corrected chi connectivity index (χ2v) is 5.89. The molecule has 7 heteroatoms. The lowest BCUT2D eigenvalue weighted by molar-refractivity contribution is 0.120. The van der Waals surface area contributed by atoms with Gasteiger partial charge in [0.2, 0.25) is 0 Å². The summed E-state index contributed by atoms with van der Waals surface area (Å²) in [6.45, 7) is 1.25. The van der Waals surface area contributed by atoms with Gasteiger partial charge in [-0.25, -0.2) is 4.98 Å². The predicted molar refractivity (Wildman–Crippen MR) is 82.1 cm³/mol. The van der Waals surface area contributed by atoms with Crippen molar-refractivity contribution in [3.8, 4) is 0 Å². The monoisotopic (exact) mass is 296 g/mol. The molecule has 0 fully saturated rings. The van der Waals surface area contributed by atoms with Crippen molar-refractivity contribution in [2.24, 2.45) is 0 Å². The number of nitrogens with one attached hydrogen (secondary N) is 2. The first-order valence-corrected chi connectivity index (χ1v) is 7.90. The molecule has 3 N–H and O–H groups in total. The second-order valence-electron chi connectivity index (χ2n) is 4.90. The molecule has 0 aliphatic rings. The van der Waals surface area contributed by atoms with E-state index in [9.17, 15) is 9.90 Å². The highest BCUT2D eigenvalue weighted by atomic mass is 32.2. The molecule has 0 aliphatic carbocycles. The topological polar surface area (TPSA) is 85.0 Å². The quantitative estimate of drug-likeness (QED) is 0.703. The Morgan fingerprint density at radius 2 is 2.30 bits per heavy atom. The summed E-state index contributed by atoms with van der Waals surface area (Å²) in [5.74, 6) is 0.957. The lowest BCUT2D eigenvalue weighted by atomic mass is 10.2. The zero-order chi connectivity index (χ0) is 14.5. The summed E-state index contributed by atoms with van der Waals surface area (Å²) < 4.78 is 0. The molecule has 1 unspecified atom stereocenters. The fourth-order valence-corrected chi connectivity index (χ4v) is 2.69. The van der Waals surface area contributed by atoms with Crippen LogP contribution < -0.4 is 5.56 Å². The van der Waals surface area contributed by atoms with E-state index in [1.54, 1.807) is 18.0 Å². The van der Waals surface area contributed by atoms with Crippen molar-refractivity contribution in [3.05, 3.63) is 28.4 Å². The van der Waals surface area contributed by atoms with Crippen LogP contribution in [0.1, 0.15) is 12.0 Å². The number of aliphatic hydroxyl groups excluding tert-OH is 1. The zero-order valence-corrected chi connectivity index (χ0v) is 12.5. The molecule has 2 aromatic heterocycles. The van der Waals surface area contributed by atoms with Crippen LogP contribution in [0.5, 0.6) is 0 Å². The molecule has 0 aliphatic heterocycles. The van der Waals surface area contributed by atoms with Crippen molar-refractivity contribution in [3.63, 3.8) is 0 Å². The molecule has 2 heterocycles. The van der Waals surface area contributed by atoms with Gasteiger partial charge in [0.15, 0.2) is 0 Å². The number of aromatic amines is 2. The van der Waals surface area contributed by atoms with E-state index in [-0.39, 0.29) is 11.7 Å². The van der Waals surface area contributed by atoms with Crippen LogP contribution in [0.3, 0.4) is 0 Å². The average Bonchev–Trinajstić information content (AvgIpc) is 2.81. The van der Waals surface area contributed by atoms with Gasteiger partial charge in [-0.2, -0.15) is 11.8 Å². The Hall–Kier alpha value is -1.31. The Bertz CT molecular complexity index is 610. The number of aliphatic hydroxyl groups is 1. The Labute approximate surface area is 121 Å². The highest BCUT2D eigenvalue weighted by Gasteiger charge is 2.12. The molecule has 6 nitrogen and oxygen atoms in total. The van der Waals surface area contributed by atoms with Gasteiger partial charge >= 0.3 is 0 Å². The maximum absolute atomic E-state index is 11.6. The summed E-state index contributed by atoms with van der Waals surface area (Å²) in [6, 6.07) is 0. The van der Waals surface area contributed by atoms with Gasteiger partial charge in [-0.05, 0) is 25.5 Å². The highest BCUT2D eigenvalue weighted by Crippen LogP contribution is 2.14. The molecule has 2 rings (SSSR count). The molecule has 0 aromatic carbocycles. The summed E-state index contributed by atoms with van der Waals surface area (Å²) in [5.41, 5.74) is 1.99. The molecule has 0 bridgehead atoms. The SMILES string of the molecule is CSCCC(O)CN(C)Cc1c[nH]c2c(=O)[nH]cnc12. The lowest BCUT2D eigenvalue weighted by Gasteiger charge is -2.19. The highest BCUT2D eigenvalue weighted by molar-refractivity contribution is 7.98. The maximum Gasteiger partial charge on any atom is 0.275 e. The number of hydrogen-bond acceptors (Lipinski definition) is 5. The summed E-state index contributed by atoms with van der Waals surface area (Å²) in [6.07, 6.45) is 5.71. The molecular weight excluding hydrogens is 276 g/mol. The number of H-pyrrole nitrogens is 2. The summed E-state index contributed by atoms with van der Waals surface area (Å²) in [5, 5.41) is 9.90. The van der Waals surface area contributed by atoms with Crippen molar-refractivity contribution in [2.75, 3.05) is 25.6 Å². The third-order valence-corrected chi connectivity index (χ3v) is 3.81. The van der Waals surface area contributed by atoms with Crippen LogP contribution in [-0.4, -0.2) is 56.7 Å². The molecule has 0 spiro atoms. The number of aromatic nitrogens is 3. The third kappa shape index (κ3) is 3.62. The fourth-order valence-electron chi connectivity index (χ4n) is 2.19. The van der Waals surface area contributed by atoms with Crippen LogP contribution in [0.15, 0.2) is 17.3 Å². The van der Waals surface area contributed by atoms with Crippen molar-refractivity contribution < 1.29 is 5.11 Å². The van der Waals surface area contributed by atoms with Crippen molar-refractivity contribution >= 4 is 22.8 Å². The first-order valence-electron chi connectivity index (χ1n) is 6.51. The van der Waals surface area contributed by atoms with Crippen LogP contribution in [0.4, 0.5) is 0 Å². The molecule has 2 aromatic rings. The molecule has 20 heavy (non-hydrogen) atoms. The van der Waals surface area contributed by atoms with Gasteiger partial charge in [0, 0.05) is 24.8 Å². The molecule has 110 valence electrons. The Kier molecular flexibility index (Phi) is 5.22. The third-order valence-electron chi connectivity index (χ3n) is 3.17. The van der Waals surface area contributed by atoms with Crippen LogP contribution in [0.2, 0.25) is 0 Å². The Morgan fingerprint density at radius 3 is 3.05 bits per heavy atom. The number of likely N-dealkylation sites (N-methyl/N-ethyl adjacent to an activating group) is 1. The number of nitrogens with zero attached hydrogens (tertiary/aromatic N) is 2. The molecule has 0 saturated heterocycles. The van der Waals surface area contributed by atoms with E-state index in [1.807, 2.05) is 18.2 Å². The normalized spacial score (nSPS) is 13.2. The standard InChI is InChI=1S/C13H20N4O2S/c1-17(7-10(18)3-4-20-2)6-9-5-14-12-11(9)15-8-16-13(12)19/h5,8,10,14,18H,3-4,6-7H2,1-2H3,(H,15,16,19). The van der Waals surface area contributed by atoms with Gasteiger partial charge in [0.1, 0.15) is 5.52 Å². The minimum absolute atomic E-state index is 0.163. The average molecular weight is 296 g/mol. The molecule has 0 amide bonds. The smallest absolute Gasteiger partial charge is 0.275 e. The van der Waals surface area contributed by atoms with E-state index in [0.717, 1.165) is 17.7 Å². The van der Waals surface area contributed by atoms with Crippen molar-refractivity contribution in [2.45, 2.75) is 19.1 Å². The van der Waals surface area contributed by atoms with Gasteiger partial charge in [-0.3, -0.25) is 9.69 Å². The van der Waals surface area contributed by atoms with Crippen LogP contribution >= 0.6 is 11.8 Å². The van der Waals surface area contributed by atoms with Crippen LogP contribution in [0.25, 0.3) is 11.0 Å². The number of fused-ring (bicyclic) bond motifs is 1. The number of thioether (sulfide) groups is 1. The molecule has 1 atom stereocenters. The first kappa shape index (κ1) is 15.1. The number of hydrogen-bond donors (Lipinski definition) is 3. The number of rotatable bonds is 7. The summed E-state index contributed by atoms with van der Waals surface area (Å²) >= 11 is 1.73. The van der Waals surface area contributed by atoms with Gasteiger partial charge in [-0.15, -0.1) is 0 Å². The van der Waals surface area contributed by atoms with E-state index < -0.39 is 0 Å². The minimum Gasteiger partial charge on any atom is -0.392 e. The van der Waals surface area contributed by atoms with E-state index in [1.165, 1.54) is 6.33 Å². The van der Waals surface area contributed by atoms with Crippen LogP contribution in [0, 0.1) is 0 Å². The summed E-state index contributed by atoms with van der Waals surface area (Å²) in [7, 11) is 1.95. The van der Waals surface area contributed by atoms with E-state index in [4.69, 9.17) is 0 Å². The van der Waals surface area contributed by atoms with Gasteiger partial charge < -0.3 is 15.1 Å². The van der Waals surface area contributed by atoms with Crippen molar-refractivity contribution in [1.29, 1.82) is 0 Å². The van der Waals surface area contributed by atoms with E-state index in [2.05, 4.69) is 15.0 Å². The minimum atomic E-state index is -0.325. The molecular formula is C13H20N4O2S. The van der Waals surface area contributed by atoms with E-state index in [0.29, 0.717) is 24.1 Å². The first-order chi connectivity index (χ1) is 9.61. The van der Waals surface area contributed by atoms with Crippen molar-refractivity contribution in [1.82, 2.24) is 19.9 Å². The fraction of sp³-hybridized carbons (Fsp3) is 0.538. The predicted octanol–water partition coefficient (Wildman–Crippen LogP) is 0.797. The van der Waals surface area contributed by atoms with Gasteiger partial charge in [-0.1, -0.05) is 0 Å². The largest absolute Gasteiger partial charge is 0.392 e.